The monoisotopic (exact) mass is 284 g/mol. The van der Waals surface area contributed by atoms with Crippen molar-refractivity contribution in [3.8, 4) is 11.3 Å². The van der Waals surface area contributed by atoms with E-state index in [0.29, 0.717) is 5.92 Å². The lowest BCUT2D eigenvalue weighted by atomic mass is 10.1. The highest BCUT2D eigenvalue weighted by Crippen LogP contribution is 2.40. The third-order valence-corrected chi connectivity index (χ3v) is 3.67. The fourth-order valence-electron chi connectivity index (χ4n) is 2.35. The number of hydrogen-bond acceptors (Lipinski definition) is 5. The van der Waals surface area contributed by atoms with Gasteiger partial charge in [0.05, 0.1) is 10.6 Å². The van der Waals surface area contributed by atoms with E-state index < -0.39 is 0 Å². The Bertz CT molecular complexity index is 711. The van der Waals surface area contributed by atoms with Gasteiger partial charge in [-0.25, -0.2) is 9.97 Å². The molecule has 0 bridgehead atoms. The third kappa shape index (κ3) is 2.56. The summed E-state index contributed by atoms with van der Waals surface area (Å²) >= 11 is 0. The zero-order chi connectivity index (χ0) is 15.0. The number of benzene rings is 1. The number of nitrogens with one attached hydrogen (secondary N) is 1. The SMILES string of the molecule is CNc1nc(C2CC2)nc(-c2cccc([N+](=O)[O-])c2)c1C. The minimum Gasteiger partial charge on any atom is -0.373 e. The van der Waals surface area contributed by atoms with Crippen molar-refractivity contribution in [2.45, 2.75) is 25.7 Å². The molecule has 1 saturated carbocycles. The van der Waals surface area contributed by atoms with E-state index in [-0.39, 0.29) is 10.6 Å². The number of nitrogens with zero attached hydrogens (tertiary/aromatic N) is 3. The summed E-state index contributed by atoms with van der Waals surface area (Å²) < 4.78 is 0. The standard InChI is InChI=1S/C15H16N4O2/c1-9-13(11-4-3-5-12(8-11)19(20)21)17-15(10-6-7-10)18-14(9)16-2/h3-5,8,10H,6-7H2,1-2H3,(H,16,17,18). The number of nitro benzene ring substituents is 1. The van der Waals surface area contributed by atoms with Crippen molar-refractivity contribution in [2.24, 2.45) is 0 Å². The summed E-state index contributed by atoms with van der Waals surface area (Å²) in [6, 6.07) is 6.58. The van der Waals surface area contributed by atoms with Crippen LogP contribution in [0.5, 0.6) is 0 Å². The van der Waals surface area contributed by atoms with Crippen LogP contribution in [0.25, 0.3) is 11.3 Å². The number of aromatic nitrogens is 2. The highest BCUT2D eigenvalue weighted by atomic mass is 16.6. The van der Waals surface area contributed by atoms with Crippen LogP contribution in [0.1, 0.15) is 30.1 Å². The molecule has 1 N–H and O–H groups in total. The maximum atomic E-state index is 10.9. The molecule has 21 heavy (non-hydrogen) atoms. The molecule has 1 aromatic heterocycles. The molecule has 3 rings (SSSR count). The zero-order valence-corrected chi connectivity index (χ0v) is 12.0. The van der Waals surface area contributed by atoms with Gasteiger partial charge in [0.25, 0.3) is 5.69 Å². The van der Waals surface area contributed by atoms with Crippen molar-refractivity contribution in [3.05, 3.63) is 45.8 Å². The molecule has 6 nitrogen and oxygen atoms in total. The molecule has 1 aliphatic rings. The van der Waals surface area contributed by atoms with Crippen LogP contribution in [0.15, 0.2) is 24.3 Å². The predicted molar refractivity (Wildman–Crippen MR) is 80.4 cm³/mol. The highest BCUT2D eigenvalue weighted by molar-refractivity contribution is 5.70. The molecule has 0 radical (unpaired) electrons. The minimum absolute atomic E-state index is 0.0736. The van der Waals surface area contributed by atoms with Gasteiger partial charge in [0.2, 0.25) is 0 Å². The van der Waals surface area contributed by atoms with E-state index in [1.807, 2.05) is 20.0 Å². The number of hydrogen-bond donors (Lipinski definition) is 1. The summed E-state index contributed by atoms with van der Waals surface area (Å²) in [5, 5.41) is 14.0. The summed E-state index contributed by atoms with van der Waals surface area (Å²) in [5.74, 6) is 2.04. The van der Waals surface area contributed by atoms with Crippen LogP contribution in [0.4, 0.5) is 11.5 Å². The Labute approximate surface area is 122 Å². The van der Waals surface area contributed by atoms with Gasteiger partial charge in [-0.2, -0.15) is 0 Å². The summed E-state index contributed by atoms with van der Waals surface area (Å²) in [5.41, 5.74) is 2.49. The second-order valence-electron chi connectivity index (χ2n) is 5.24. The van der Waals surface area contributed by atoms with Gasteiger partial charge in [0.15, 0.2) is 0 Å². The van der Waals surface area contributed by atoms with Crippen molar-refractivity contribution in [2.75, 3.05) is 12.4 Å². The van der Waals surface area contributed by atoms with E-state index in [1.165, 1.54) is 6.07 Å². The van der Waals surface area contributed by atoms with Gasteiger partial charge >= 0.3 is 0 Å². The Morgan fingerprint density at radius 1 is 1.33 bits per heavy atom. The zero-order valence-electron chi connectivity index (χ0n) is 12.0. The van der Waals surface area contributed by atoms with Gasteiger partial charge in [-0.3, -0.25) is 10.1 Å². The molecule has 1 fully saturated rings. The maximum absolute atomic E-state index is 10.9. The molecule has 0 aliphatic heterocycles. The Morgan fingerprint density at radius 2 is 2.10 bits per heavy atom. The van der Waals surface area contributed by atoms with Gasteiger partial charge in [-0.15, -0.1) is 0 Å². The first-order chi connectivity index (χ1) is 10.1. The molecule has 108 valence electrons. The average molecular weight is 284 g/mol. The molecule has 0 unspecified atom stereocenters. The number of anilines is 1. The summed E-state index contributed by atoms with van der Waals surface area (Å²) in [6.07, 6.45) is 2.22. The minimum atomic E-state index is -0.388. The molecule has 0 atom stereocenters. The van der Waals surface area contributed by atoms with Crippen LogP contribution in [-0.2, 0) is 0 Å². The number of nitro groups is 1. The quantitative estimate of drug-likeness (QED) is 0.688. The molecule has 0 saturated heterocycles. The lowest BCUT2D eigenvalue weighted by Gasteiger charge is -2.12. The van der Waals surface area contributed by atoms with E-state index in [9.17, 15) is 10.1 Å². The molecule has 0 spiro atoms. The molecule has 6 heteroatoms. The Hall–Kier alpha value is -2.50. The van der Waals surface area contributed by atoms with Crippen LogP contribution in [0, 0.1) is 17.0 Å². The average Bonchev–Trinajstić information content (AvgIpc) is 3.32. The fraction of sp³-hybridized carbons (Fsp3) is 0.333. The number of rotatable bonds is 4. The van der Waals surface area contributed by atoms with Gasteiger partial charge in [-0.05, 0) is 19.8 Å². The van der Waals surface area contributed by atoms with Crippen LogP contribution >= 0.6 is 0 Å². The summed E-state index contributed by atoms with van der Waals surface area (Å²) in [6.45, 7) is 1.93. The smallest absolute Gasteiger partial charge is 0.270 e. The molecule has 1 aliphatic carbocycles. The van der Waals surface area contributed by atoms with E-state index >= 15 is 0 Å². The molecule has 1 aromatic carbocycles. The second kappa shape index (κ2) is 5.12. The molecule has 2 aromatic rings. The fourth-order valence-corrected chi connectivity index (χ4v) is 2.35. The first-order valence-corrected chi connectivity index (χ1v) is 6.91. The normalized spacial score (nSPS) is 14.0. The lowest BCUT2D eigenvalue weighted by Crippen LogP contribution is -2.04. The van der Waals surface area contributed by atoms with Crippen molar-refractivity contribution in [1.29, 1.82) is 0 Å². The lowest BCUT2D eigenvalue weighted by molar-refractivity contribution is -0.384. The number of non-ortho nitro benzene ring substituents is 1. The van der Waals surface area contributed by atoms with Crippen LogP contribution in [0.2, 0.25) is 0 Å². The van der Waals surface area contributed by atoms with Crippen LogP contribution < -0.4 is 5.32 Å². The Balaban J connectivity index is 2.14. The van der Waals surface area contributed by atoms with Gasteiger partial charge < -0.3 is 5.32 Å². The van der Waals surface area contributed by atoms with Crippen molar-refractivity contribution in [3.63, 3.8) is 0 Å². The third-order valence-electron chi connectivity index (χ3n) is 3.67. The van der Waals surface area contributed by atoms with Gasteiger partial charge in [0, 0.05) is 36.2 Å². The largest absolute Gasteiger partial charge is 0.373 e. The van der Waals surface area contributed by atoms with E-state index in [4.69, 9.17) is 0 Å². The van der Waals surface area contributed by atoms with E-state index in [2.05, 4.69) is 15.3 Å². The highest BCUT2D eigenvalue weighted by Gasteiger charge is 2.28. The molecule has 1 heterocycles. The predicted octanol–water partition coefficient (Wildman–Crippen LogP) is 3.28. The second-order valence-corrected chi connectivity index (χ2v) is 5.24. The topological polar surface area (TPSA) is 81.0 Å². The van der Waals surface area contributed by atoms with E-state index in [0.717, 1.165) is 41.3 Å². The molecular formula is C15H16N4O2. The van der Waals surface area contributed by atoms with E-state index in [1.54, 1.807) is 12.1 Å². The summed E-state index contributed by atoms with van der Waals surface area (Å²) in [7, 11) is 1.82. The van der Waals surface area contributed by atoms with Crippen molar-refractivity contribution in [1.82, 2.24) is 9.97 Å². The van der Waals surface area contributed by atoms with Gasteiger partial charge in [-0.1, -0.05) is 12.1 Å². The maximum Gasteiger partial charge on any atom is 0.270 e. The van der Waals surface area contributed by atoms with Crippen LogP contribution in [-0.4, -0.2) is 21.9 Å². The Kier molecular flexibility index (Phi) is 3.29. The van der Waals surface area contributed by atoms with Crippen LogP contribution in [0.3, 0.4) is 0 Å². The van der Waals surface area contributed by atoms with Crippen molar-refractivity contribution < 1.29 is 4.92 Å². The Morgan fingerprint density at radius 3 is 2.71 bits per heavy atom. The molecular weight excluding hydrogens is 268 g/mol. The first kappa shape index (κ1) is 13.5. The first-order valence-electron chi connectivity index (χ1n) is 6.91. The van der Waals surface area contributed by atoms with Gasteiger partial charge in [0.1, 0.15) is 11.6 Å². The molecule has 0 amide bonds. The summed E-state index contributed by atoms with van der Waals surface area (Å²) in [4.78, 5) is 19.7. The van der Waals surface area contributed by atoms with Crippen molar-refractivity contribution >= 4 is 11.5 Å².